The monoisotopic (exact) mass is 330 g/mol. The predicted molar refractivity (Wildman–Crippen MR) is 83.5 cm³/mol. The molecule has 0 bridgehead atoms. The molecule has 9 heteroatoms. The van der Waals surface area contributed by atoms with Crippen LogP contribution in [0.1, 0.15) is 25.7 Å². The van der Waals surface area contributed by atoms with Crippen LogP contribution in [0.5, 0.6) is 0 Å². The lowest BCUT2D eigenvalue weighted by Crippen LogP contribution is -2.64. The molecule has 0 radical (unpaired) electrons. The molecule has 5 N–H and O–H groups in total. The smallest absolute Gasteiger partial charge is 0.451 e. The lowest BCUT2D eigenvalue weighted by Gasteiger charge is -2.44. The number of nitrogens with zero attached hydrogens (tertiary/aromatic N) is 1. The van der Waals surface area contributed by atoms with E-state index in [2.05, 4.69) is 0 Å². The van der Waals surface area contributed by atoms with Gasteiger partial charge in [-0.15, -0.1) is 24.8 Å². The Labute approximate surface area is 132 Å². The zero-order valence-electron chi connectivity index (χ0n) is 11.9. The van der Waals surface area contributed by atoms with Gasteiger partial charge in [0.05, 0.1) is 0 Å². The summed E-state index contributed by atoms with van der Waals surface area (Å²) in [4.78, 5) is 13.3. The van der Waals surface area contributed by atoms with E-state index >= 15 is 0 Å². The number of hydrogen-bond donors (Lipinski definition) is 4. The highest BCUT2D eigenvalue weighted by molar-refractivity contribution is 6.40. The standard InChI is InChI=1S/C11H23BN2O4.2ClH/c1-14(2)9-4-3-8(5-6-12(17)18)7-11(9,13)10(15)16;;/h8-9,17-18H,3-7,13H2,1-2H3,(H,15,16);2*1H/t8-,9?,11+;;/m0../s1. The van der Waals surface area contributed by atoms with E-state index in [1.807, 2.05) is 19.0 Å². The average Bonchev–Trinajstić information content (AvgIpc) is 2.25. The highest BCUT2D eigenvalue weighted by atomic mass is 35.5. The molecule has 0 spiro atoms. The Bertz CT molecular complexity index is 310. The van der Waals surface area contributed by atoms with Crippen LogP contribution in [0.25, 0.3) is 0 Å². The van der Waals surface area contributed by atoms with Crippen molar-refractivity contribution in [1.82, 2.24) is 4.90 Å². The van der Waals surface area contributed by atoms with Crippen LogP contribution in [0.15, 0.2) is 0 Å². The van der Waals surface area contributed by atoms with Crippen LogP contribution in [0.2, 0.25) is 6.32 Å². The van der Waals surface area contributed by atoms with Crippen molar-refractivity contribution in [2.45, 2.75) is 43.6 Å². The first-order valence-corrected chi connectivity index (χ1v) is 6.32. The number of nitrogens with two attached hydrogens (primary N) is 1. The number of carboxylic acids is 1. The highest BCUT2D eigenvalue weighted by Gasteiger charge is 2.47. The molecule has 20 heavy (non-hydrogen) atoms. The largest absolute Gasteiger partial charge is 0.480 e. The Morgan fingerprint density at radius 3 is 2.30 bits per heavy atom. The van der Waals surface area contributed by atoms with Crippen molar-refractivity contribution in [2.75, 3.05) is 14.1 Å². The Hall–Kier alpha value is -0.0451. The van der Waals surface area contributed by atoms with Crippen molar-refractivity contribution in [2.24, 2.45) is 11.7 Å². The normalized spacial score (nSPS) is 29.3. The van der Waals surface area contributed by atoms with Gasteiger partial charge >= 0.3 is 13.1 Å². The van der Waals surface area contributed by atoms with Crippen LogP contribution in [0.4, 0.5) is 0 Å². The van der Waals surface area contributed by atoms with Crippen LogP contribution in [-0.2, 0) is 4.79 Å². The van der Waals surface area contributed by atoms with Gasteiger partial charge in [-0.05, 0) is 45.6 Å². The molecule has 0 aliphatic heterocycles. The first-order chi connectivity index (χ1) is 8.27. The number of likely N-dealkylation sites (N-methyl/N-ethyl adjacent to an activating group) is 1. The third-order valence-electron chi connectivity index (χ3n) is 3.92. The molecule has 0 aromatic heterocycles. The fourth-order valence-corrected chi connectivity index (χ4v) is 2.95. The molecule has 120 valence electrons. The lowest BCUT2D eigenvalue weighted by molar-refractivity contribution is -0.148. The summed E-state index contributed by atoms with van der Waals surface area (Å²) in [6, 6.07) is -0.176. The van der Waals surface area contributed by atoms with Gasteiger partial charge < -0.3 is 25.8 Å². The molecule has 0 aromatic carbocycles. The first-order valence-electron chi connectivity index (χ1n) is 6.32. The van der Waals surface area contributed by atoms with Gasteiger partial charge in [0, 0.05) is 6.04 Å². The molecule has 1 rings (SSSR count). The van der Waals surface area contributed by atoms with Crippen LogP contribution >= 0.6 is 24.8 Å². The molecule has 1 saturated carbocycles. The molecule has 1 aliphatic carbocycles. The summed E-state index contributed by atoms with van der Waals surface area (Å²) in [5.41, 5.74) is 4.83. The summed E-state index contributed by atoms with van der Waals surface area (Å²) in [5, 5.41) is 27.1. The van der Waals surface area contributed by atoms with Crippen molar-refractivity contribution in [3.8, 4) is 0 Å². The van der Waals surface area contributed by atoms with Crippen molar-refractivity contribution >= 4 is 37.9 Å². The Morgan fingerprint density at radius 2 is 1.90 bits per heavy atom. The average molecular weight is 331 g/mol. The topological polar surface area (TPSA) is 107 Å². The van der Waals surface area contributed by atoms with E-state index in [-0.39, 0.29) is 43.1 Å². The van der Waals surface area contributed by atoms with E-state index in [1.54, 1.807) is 0 Å². The summed E-state index contributed by atoms with van der Waals surface area (Å²) < 4.78 is 0. The van der Waals surface area contributed by atoms with Gasteiger partial charge in [-0.3, -0.25) is 4.79 Å². The van der Waals surface area contributed by atoms with E-state index in [9.17, 15) is 9.90 Å². The molecular weight excluding hydrogens is 306 g/mol. The summed E-state index contributed by atoms with van der Waals surface area (Å²) in [6.45, 7) is 0. The second-order valence-electron chi connectivity index (χ2n) is 5.53. The second-order valence-corrected chi connectivity index (χ2v) is 5.53. The maximum absolute atomic E-state index is 11.4. The molecule has 0 heterocycles. The Morgan fingerprint density at radius 1 is 1.35 bits per heavy atom. The first kappa shape index (κ1) is 22.2. The van der Waals surface area contributed by atoms with Crippen LogP contribution in [0, 0.1) is 5.92 Å². The van der Waals surface area contributed by atoms with E-state index in [4.69, 9.17) is 15.8 Å². The maximum atomic E-state index is 11.4. The molecule has 1 unspecified atom stereocenters. The van der Waals surface area contributed by atoms with E-state index in [0.29, 0.717) is 12.8 Å². The quantitative estimate of drug-likeness (QED) is 0.537. The van der Waals surface area contributed by atoms with E-state index in [0.717, 1.165) is 12.8 Å². The minimum Gasteiger partial charge on any atom is -0.480 e. The Balaban J connectivity index is 0. The minimum absolute atomic E-state index is 0. The summed E-state index contributed by atoms with van der Waals surface area (Å²) in [5.74, 6) is -0.834. The van der Waals surface area contributed by atoms with E-state index in [1.165, 1.54) is 0 Å². The molecular formula is C11H25BCl2N2O4. The van der Waals surface area contributed by atoms with Crippen molar-refractivity contribution in [3.63, 3.8) is 0 Å². The molecule has 0 saturated heterocycles. The molecule has 0 amide bonds. The molecule has 0 aromatic rings. The van der Waals surface area contributed by atoms with Gasteiger partial charge in [0.15, 0.2) is 0 Å². The zero-order valence-corrected chi connectivity index (χ0v) is 13.5. The van der Waals surface area contributed by atoms with Gasteiger partial charge in [-0.1, -0.05) is 6.42 Å². The number of rotatable bonds is 5. The van der Waals surface area contributed by atoms with E-state index < -0.39 is 18.6 Å². The van der Waals surface area contributed by atoms with Crippen molar-refractivity contribution in [3.05, 3.63) is 0 Å². The van der Waals surface area contributed by atoms with Crippen LogP contribution in [0.3, 0.4) is 0 Å². The summed E-state index contributed by atoms with van der Waals surface area (Å²) in [6.07, 6.45) is 2.86. The third-order valence-corrected chi connectivity index (χ3v) is 3.92. The number of carboxylic acid groups (broad SMARTS) is 1. The summed E-state index contributed by atoms with van der Waals surface area (Å²) >= 11 is 0. The van der Waals surface area contributed by atoms with Crippen LogP contribution < -0.4 is 5.73 Å². The van der Waals surface area contributed by atoms with Crippen molar-refractivity contribution < 1.29 is 19.9 Å². The fraction of sp³-hybridized carbons (Fsp3) is 0.909. The van der Waals surface area contributed by atoms with Gasteiger partial charge in [-0.25, -0.2) is 0 Å². The highest BCUT2D eigenvalue weighted by Crippen LogP contribution is 2.36. The predicted octanol–water partition coefficient (Wildman–Crippen LogP) is 0.205. The second kappa shape index (κ2) is 9.07. The molecule has 3 atom stereocenters. The fourth-order valence-electron chi connectivity index (χ4n) is 2.95. The van der Waals surface area contributed by atoms with Crippen LogP contribution in [-0.4, -0.2) is 58.8 Å². The molecule has 1 fully saturated rings. The van der Waals surface area contributed by atoms with Gasteiger partial charge in [0.25, 0.3) is 0 Å². The van der Waals surface area contributed by atoms with Gasteiger partial charge in [0.2, 0.25) is 0 Å². The van der Waals surface area contributed by atoms with Gasteiger partial charge in [-0.2, -0.15) is 0 Å². The zero-order chi connectivity index (χ0) is 13.9. The molecule has 6 nitrogen and oxygen atoms in total. The SMILES string of the molecule is CN(C)C1CC[C@@H](CCB(O)O)C[C@]1(N)C(=O)O.Cl.Cl. The Kier molecular flexibility index (Phi) is 10.1. The minimum atomic E-state index is -1.33. The third kappa shape index (κ3) is 5.39. The number of aliphatic carboxylic acids is 1. The van der Waals surface area contributed by atoms with Gasteiger partial charge in [0.1, 0.15) is 5.54 Å². The lowest BCUT2D eigenvalue weighted by atomic mass is 9.68. The number of hydrogen-bond acceptors (Lipinski definition) is 5. The summed E-state index contributed by atoms with van der Waals surface area (Å²) in [7, 11) is 2.36. The maximum Gasteiger partial charge on any atom is 0.451 e. The van der Waals surface area contributed by atoms with Crippen molar-refractivity contribution in [1.29, 1.82) is 0 Å². The molecule has 1 aliphatic rings. The number of carbonyl (C=O) groups is 1. The number of halogens is 2.